The average Bonchev–Trinajstić information content (AvgIpc) is 2.60. The Morgan fingerprint density at radius 1 is 1.31 bits per heavy atom. The van der Waals surface area contributed by atoms with E-state index in [0.29, 0.717) is 24.6 Å². The first kappa shape index (κ1) is 19.2. The number of fused-ring (bicyclic) bond motifs is 3. The second kappa shape index (κ2) is 7.20. The maximum absolute atomic E-state index is 12.9. The zero-order valence-corrected chi connectivity index (χ0v) is 16.5. The fourth-order valence-corrected chi connectivity index (χ4v) is 5.43. The molecule has 0 amide bonds. The molecule has 0 aliphatic heterocycles. The van der Waals surface area contributed by atoms with Gasteiger partial charge in [0.15, 0.2) is 17.3 Å². The Morgan fingerprint density at radius 2 is 2.04 bits per heavy atom. The van der Waals surface area contributed by atoms with Crippen LogP contribution in [-0.4, -0.2) is 56.3 Å². The molecule has 2 aliphatic rings. The van der Waals surface area contributed by atoms with Gasteiger partial charge in [-0.3, -0.25) is 4.79 Å². The summed E-state index contributed by atoms with van der Waals surface area (Å²) in [6, 6.07) is 4.21. The number of hydrogen-bond acceptors (Lipinski definition) is 5. The number of hydrogen-bond donors (Lipinski definition) is 1. The van der Waals surface area contributed by atoms with Crippen molar-refractivity contribution in [3.63, 3.8) is 0 Å². The van der Waals surface area contributed by atoms with Crippen molar-refractivity contribution in [2.45, 2.75) is 56.6 Å². The van der Waals surface area contributed by atoms with Gasteiger partial charge < -0.3 is 19.5 Å². The topological polar surface area (TPSA) is 59.0 Å². The highest BCUT2D eigenvalue weighted by atomic mass is 16.5. The number of ether oxygens (including phenoxy) is 2. The lowest BCUT2D eigenvalue weighted by atomic mass is 9.53. The molecule has 1 aromatic rings. The minimum absolute atomic E-state index is 0.143. The van der Waals surface area contributed by atoms with E-state index >= 15 is 0 Å². The standard InChI is InChI=1S/C21H31NO4/c1-6-9-21-12-16(23)18(26-5)11-14(21)15(22(2)3)10-13-7-8-17(25-4)20(24)19(13)21/h7-8,14-15,18,24H,6,9-12H2,1-5H3/t14?,15?,18?,21-/m1/s1. The van der Waals surface area contributed by atoms with Gasteiger partial charge in [0.1, 0.15) is 6.10 Å². The Bertz CT molecular complexity index is 687. The van der Waals surface area contributed by atoms with Crippen molar-refractivity contribution in [2.24, 2.45) is 5.92 Å². The molecule has 0 heterocycles. The first-order valence-corrected chi connectivity index (χ1v) is 9.50. The van der Waals surface area contributed by atoms with E-state index in [1.165, 1.54) is 0 Å². The predicted molar refractivity (Wildman–Crippen MR) is 101 cm³/mol. The minimum Gasteiger partial charge on any atom is -0.504 e. The molecule has 1 fully saturated rings. The predicted octanol–water partition coefficient (Wildman–Crippen LogP) is 2.92. The number of likely N-dealkylation sites (N-methyl/N-ethyl adjacent to an activating group) is 1. The summed E-state index contributed by atoms with van der Waals surface area (Å²) in [6.07, 6.45) is 3.47. The molecule has 5 nitrogen and oxygen atoms in total. The molecule has 3 unspecified atom stereocenters. The molecule has 144 valence electrons. The number of benzene rings is 1. The molecule has 0 aromatic heterocycles. The average molecular weight is 361 g/mol. The van der Waals surface area contributed by atoms with Gasteiger partial charge >= 0.3 is 0 Å². The SMILES string of the molecule is CCC[C@@]12CC(=O)C(OC)CC1C(N(C)C)Cc1ccc(OC)c(O)c12. The zero-order valence-electron chi connectivity index (χ0n) is 16.5. The molecule has 0 radical (unpaired) electrons. The maximum atomic E-state index is 12.9. The first-order valence-electron chi connectivity index (χ1n) is 9.50. The van der Waals surface area contributed by atoms with Crippen LogP contribution in [0.3, 0.4) is 0 Å². The number of methoxy groups -OCH3 is 2. The second-order valence-corrected chi connectivity index (χ2v) is 8.00. The van der Waals surface area contributed by atoms with Gasteiger partial charge in [0.05, 0.1) is 7.11 Å². The van der Waals surface area contributed by atoms with Crippen LogP contribution >= 0.6 is 0 Å². The molecule has 0 bridgehead atoms. The number of phenolic OH excluding ortho intramolecular Hbond substituents is 1. The van der Waals surface area contributed by atoms with Crippen molar-refractivity contribution in [3.8, 4) is 11.5 Å². The van der Waals surface area contributed by atoms with Gasteiger partial charge in [-0.2, -0.15) is 0 Å². The summed E-state index contributed by atoms with van der Waals surface area (Å²) in [5, 5.41) is 11.0. The summed E-state index contributed by atoms with van der Waals surface area (Å²) in [6.45, 7) is 2.15. The van der Waals surface area contributed by atoms with Gasteiger partial charge in [-0.05, 0) is 50.9 Å². The molecule has 3 rings (SSSR count). The van der Waals surface area contributed by atoms with Gasteiger partial charge in [0.25, 0.3) is 0 Å². The van der Waals surface area contributed by atoms with Crippen molar-refractivity contribution in [1.29, 1.82) is 0 Å². The van der Waals surface area contributed by atoms with Crippen molar-refractivity contribution >= 4 is 5.78 Å². The molecule has 0 spiro atoms. The fourth-order valence-electron chi connectivity index (χ4n) is 5.43. The van der Waals surface area contributed by atoms with E-state index in [1.54, 1.807) is 14.2 Å². The molecule has 0 saturated heterocycles. The second-order valence-electron chi connectivity index (χ2n) is 8.00. The lowest BCUT2D eigenvalue weighted by molar-refractivity contribution is -0.139. The van der Waals surface area contributed by atoms with Crippen LogP contribution in [0.1, 0.15) is 43.7 Å². The van der Waals surface area contributed by atoms with E-state index in [-0.39, 0.29) is 29.0 Å². The Balaban J connectivity index is 2.24. The Labute approximate surface area is 156 Å². The quantitative estimate of drug-likeness (QED) is 0.874. The molecule has 5 heteroatoms. The third-order valence-corrected chi connectivity index (χ3v) is 6.51. The Morgan fingerprint density at radius 3 is 2.62 bits per heavy atom. The summed E-state index contributed by atoms with van der Waals surface area (Å²) < 4.78 is 10.9. The number of phenols is 1. The zero-order chi connectivity index (χ0) is 19.1. The van der Waals surface area contributed by atoms with Crippen LogP contribution in [0.5, 0.6) is 11.5 Å². The normalized spacial score (nSPS) is 30.8. The Hall–Kier alpha value is -1.59. The van der Waals surface area contributed by atoms with E-state index in [9.17, 15) is 9.90 Å². The van der Waals surface area contributed by atoms with E-state index in [4.69, 9.17) is 9.47 Å². The number of Topliss-reactive ketones (excluding diaryl/α,β-unsaturated/α-hetero) is 1. The van der Waals surface area contributed by atoms with E-state index < -0.39 is 0 Å². The van der Waals surface area contributed by atoms with Crippen LogP contribution in [0.15, 0.2) is 12.1 Å². The molecule has 1 aromatic carbocycles. The van der Waals surface area contributed by atoms with Crippen LogP contribution in [0.25, 0.3) is 0 Å². The van der Waals surface area contributed by atoms with Gasteiger partial charge in [-0.15, -0.1) is 0 Å². The van der Waals surface area contributed by atoms with Crippen molar-refractivity contribution in [1.82, 2.24) is 4.90 Å². The lowest BCUT2D eigenvalue weighted by Gasteiger charge is -2.54. The highest BCUT2D eigenvalue weighted by Crippen LogP contribution is 2.57. The third-order valence-electron chi connectivity index (χ3n) is 6.51. The molecule has 1 N–H and O–H groups in total. The fraction of sp³-hybridized carbons (Fsp3) is 0.667. The van der Waals surface area contributed by atoms with Crippen LogP contribution in [0, 0.1) is 5.92 Å². The van der Waals surface area contributed by atoms with Crippen LogP contribution < -0.4 is 4.74 Å². The van der Waals surface area contributed by atoms with Gasteiger partial charge in [0.2, 0.25) is 0 Å². The van der Waals surface area contributed by atoms with Gasteiger partial charge in [-0.1, -0.05) is 19.4 Å². The minimum atomic E-state index is -0.359. The number of carbonyl (C=O) groups is 1. The molecular formula is C21H31NO4. The summed E-state index contributed by atoms with van der Waals surface area (Å²) in [5.41, 5.74) is 1.71. The number of nitrogens with zero attached hydrogens (tertiary/aromatic N) is 1. The Kier molecular flexibility index (Phi) is 5.31. The smallest absolute Gasteiger partial charge is 0.162 e. The van der Waals surface area contributed by atoms with E-state index in [0.717, 1.165) is 30.4 Å². The summed E-state index contributed by atoms with van der Waals surface area (Å²) in [4.78, 5) is 15.1. The molecule has 26 heavy (non-hydrogen) atoms. The third kappa shape index (κ3) is 2.81. The molecule has 2 aliphatic carbocycles. The number of ketones is 1. The van der Waals surface area contributed by atoms with Crippen LogP contribution in [0.2, 0.25) is 0 Å². The van der Waals surface area contributed by atoms with E-state index in [1.807, 2.05) is 6.07 Å². The number of rotatable bonds is 5. The molecule has 4 atom stereocenters. The summed E-state index contributed by atoms with van der Waals surface area (Å²) in [7, 11) is 7.41. The first-order chi connectivity index (χ1) is 12.4. The lowest BCUT2D eigenvalue weighted by Crippen LogP contribution is -2.58. The van der Waals surface area contributed by atoms with Crippen molar-refractivity contribution < 1.29 is 19.4 Å². The van der Waals surface area contributed by atoms with E-state index in [2.05, 4.69) is 32.0 Å². The summed E-state index contributed by atoms with van der Waals surface area (Å²) >= 11 is 0. The summed E-state index contributed by atoms with van der Waals surface area (Å²) in [5.74, 6) is 1.10. The van der Waals surface area contributed by atoms with Crippen molar-refractivity contribution in [2.75, 3.05) is 28.3 Å². The molecular weight excluding hydrogens is 330 g/mol. The largest absolute Gasteiger partial charge is 0.504 e. The number of carbonyl (C=O) groups excluding carboxylic acids is 1. The van der Waals surface area contributed by atoms with Crippen molar-refractivity contribution in [3.05, 3.63) is 23.3 Å². The highest BCUT2D eigenvalue weighted by molar-refractivity contribution is 5.86. The molecule has 1 saturated carbocycles. The maximum Gasteiger partial charge on any atom is 0.162 e. The monoisotopic (exact) mass is 361 g/mol. The van der Waals surface area contributed by atoms with Crippen LogP contribution in [-0.2, 0) is 21.4 Å². The van der Waals surface area contributed by atoms with Gasteiger partial charge in [-0.25, -0.2) is 0 Å². The van der Waals surface area contributed by atoms with Crippen LogP contribution in [0.4, 0.5) is 0 Å². The number of aromatic hydroxyl groups is 1. The van der Waals surface area contributed by atoms with Gasteiger partial charge in [0, 0.05) is 30.6 Å². The highest BCUT2D eigenvalue weighted by Gasteiger charge is 2.55.